The number of aromatic nitrogens is 1. The molecule has 1 atom stereocenters. The molecule has 17 heavy (non-hydrogen) atoms. The fraction of sp³-hybridized carbons (Fsp3) is 0.467. The zero-order valence-corrected chi connectivity index (χ0v) is 10.2. The number of hydrogen-bond donors (Lipinski definition) is 1. The maximum atomic E-state index is 3.80. The summed E-state index contributed by atoms with van der Waals surface area (Å²) < 4.78 is 2.39. The molecule has 0 saturated heterocycles. The van der Waals surface area contributed by atoms with E-state index in [2.05, 4.69) is 41.2 Å². The van der Waals surface area contributed by atoms with E-state index in [-0.39, 0.29) is 0 Å². The molecule has 2 heteroatoms. The molecule has 2 aliphatic rings. The average molecular weight is 226 g/mol. The Morgan fingerprint density at radius 2 is 2.00 bits per heavy atom. The van der Waals surface area contributed by atoms with Crippen molar-refractivity contribution in [3.63, 3.8) is 0 Å². The van der Waals surface area contributed by atoms with Gasteiger partial charge in [0.2, 0.25) is 0 Å². The molecule has 0 amide bonds. The zero-order chi connectivity index (χ0) is 11.4. The molecule has 0 radical (unpaired) electrons. The number of nitrogens with one attached hydrogen (secondary N) is 1. The second kappa shape index (κ2) is 3.36. The Balaban J connectivity index is 1.88. The van der Waals surface area contributed by atoms with Crippen LogP contribution >= 0.6 is 0 Å². The monoisotopic (exact) mass is 226 g/mol. The molecule has 0 spiro atoms. The summed E-state index contributed by atoms with van der Waals surface area (Å²) in [6.45, 7) is 0. The van der Waals surface area contributed by atoms with Gasteiger partial charge >= 0.3 is 0 Å². The molecule has 0 aliphatic heterocycles. The molecule has 1 aromatic heterocycles. The summed E-state index contributed by atoms with van der Waals surface area (Å²) in [6.07, 6.45) is 5.25. The molecule has 2 aromatic rings. The number of rotatable bonds is 2. The first kappa shape index (κ1) is 9.72. The van der Waals surface area contributed by atoms with Gasteiger partial charge in [-0.1, -0.05) is 18.2 Å². The molecule has 1 N–H and O–H groups in total. The van der Waals surface area contributed by atoms with E-state index in [1.807, 2.05) is 0 Å². The quantitative estimate of drug-likeness (QED) is 0.833. The van der Waals surface area contributed by atoms with Crippen molar-refractivity contribution in [2.75, 3.05) is 0 Å². The maximum Gasteiger partial charge on any atom is 0.0483 e. The molecule has 2 aliphatic carbocycles. The third-order valence-corrected chi connectivity index (χ3v) is 4.30. The van der Waals surface area contributed by atoms with Gasteiger partial charge in [0.05, 0.1) is 0 Å². The Bertz CT molecular complexity index is 578. The first-order valence-corrected chi connectivity index (χ1v) is 6.67. The van der Waals surface area contributed by atoms with Crippen LogP contribution in [0.25, 0.3) is 10.9 Å². The molecule has 1 saturated carbocycles. The van der Waals surface area contributed by atoms with Gasteiger partial charge in [0.25, 0.3) is 0 Å². The Morgan fingerprint density at radius 1 is 1.18 bits per heavy atom. The van der Waals surface area contributed by atoms with E-state index >= 15 is 0 Å². The fourth-order valence-electron chi connectivity index (χ4n) is 3.29. The number of nitrogens with zero attached hydrogens (tertiary/aromatic N) is 1. The third-order valence-electron chi connectivity index (χ3n) is 4.30. The van der Waals surface area contributed by atoms with E-state index in [0.29, 0.717) is 6.04 Å². The topological polar surface area (TPSA) is 17.0 Å². The molecule has 2 nitrogen and oxygen atoms in total. The van der Waals surface area contributed by atoms with Gasteiger partial charge in [-0.3, -0.25) is 0 Å². The lowest BCUT2D eigenvalue weighted by Gasteiger charge is -2.12. The molecule has 4 rings (SSSR count). The lowest BCUT2D eigenvalue weighted by Crippen LogP contribution is -2.21. The van der Waals surface area contributed by atoms with Crippen LogP contribution < -0.4 is 5.32 Å². The second-order valence-corrected chi connectivity index (χ2v) is 5.47. The highest BCUT2D eigenvalue weighted by Crippen LogP contribution is 2.40. The Kier molecular flexibility index (Phi) is 1.92. The lowest BCUT2D eigenvalue weighted by molar-refractivity contribution is 0.529. The second-order valence-electron chi connectivity index (χ2n) is 5.47. The van der Waals surface area contributed by atoms with Crippen LogP contribution in [-0.2, 0) is 13.5 Å². The Hall–Kier alpha value is -1.28. The SMILES string of the molecule is Cn1c2c(c3ccccc31)C(NC1CC1)CC2. The summed E-state index contributed by atoms with van der Waals surface area (Å²) in [5.41, 5.74) is 4.51. The van der Waals surface area contributed by atoms with E-state index in [1.54, 1.807) is 11.3 Å². The minimum Gasteiger partial charge on any atom is -0.347 e. The summed E-state index contributed by atoms with van der Waals surface area (Å²) in [7, 11) is 2.21. The van der Waals surface area contributed by atoms with Crippen molar-refractivity contribution < 1.29 is 0 Å². The number of benzene rings is 1. The smallest absolute Gasteiger partial charge is 0.0483 e. The molecule has 88 valence electrons. The highest BCUT2D eigenvalue weighted by atomic mass is 15.0. The van der Waals surface area contributed by atoms with Gasteiger partial charge < -0.3 is 9.88 Å². The number of para-hydroxylation sites is 1. The van der Waals surface area contributed by atoms with Crippen LogP contribution in [0.1, 0.15) is 36.6 Å². The molecule has 1 unspecified atom stereocenters. The van der Waals surface area contributed by atoms with Gasteiger partial charge in [-0.05, 0) is 37.3 Å². The highest BCUT2D eigenvalue weighted by Gasteiger charge is 2.32. The van der Waals surface area contributed by atoms with Crippen LogP contribution in [0.5, 0.6) is 0 Å². The first-order valence-electron chi connectivity index (χ1n) is 6.67. The molecular weight excluding hydrogens is 208 g/mol. The van der Waals surface area contributed by atoms with Crippen LogP contribution in [0.15, 0.2) is 24.3 Å². The average Bonchev–Trinajstić information content (AvgIpc) is 2.99. The van der Waals surface area contributed by atoms with Crippen molar-refractivity contribution >= 4 is 10.9 Å². The van der Waals surface area contributed by atoms with Crippen LogP contribution in [0, 0.1) is 0 Å². The molecule has 0 bridgehead atoms. The first-order chi connectivity index (χ1) is 8.34. The van der Waals surface area contributed by atoms with Crippen LogP contribution in [0.3, 0.4) is 0 Å². The third kappa shape index (κ3) is 1.37. The summed E-state index contributed by atoms with van der Waals surface area (Å²) in [5, 5.41) is 5.26. The highest BCUT2D eigenvalue weighted by molar-refractivity contribution is 5.86. The van der Waals surface area contributed by atoms with Crippen molar-refractivity contribution in [3.05, 3.63) is 35.5 Å². The molecule has 1 heterocycles. The summed E-state index contributed by atoms with van der Waals surface area (Å²) in [4.78, 5) is 0. The van der Waals surface area contributed by atoms with E-state index in [1.165, 1.54) is 36.6 Å². The zero-order valence-electron chi connectivity index (χ0n) is 10.2. The van der Waals surface area contributed by atoms with Crippen molar-refractivity contribution in [2.45, 2.75) is 37.8 Å². The van der Waals surface area contributed by atoms with Crippen molar-refractivity contribution in [1.82, 2.24) is 9.88 Å². The Morgan fingerprint density at radius 3 is 2.82 bits per heavy atom. The van der Waals surface area contributed by atoms with E-state index < -0.39 is 0 Å². The number of fused-ring (bicyclic) bond motifs is 3. The van der Waals surface area contributed by atoms with Crippen LogP contribution in [0.4, 0.5) is 0 Å². The van der Waals surface area contributed by atoms with E-state index in [9.17, 15) is 0 Å². The molecule has 1 aromatic carbocycles. The van der Waals surface area contributed by atoms with Gasteiger partial charge in [0, 0.05) is 35.7 Å². The van der Waals surface area contributed by atoms with Gasteiger partial charge in [0.1, 0.15) is 0 Å². The predicted octanol–water partition coefficient (Wildman–Crippen LogP) is 2.92. The lowest BCUT2D eigenvalue weighted by atomic mass is 10.1. The summed E-state index contributed by atoms with van der Waals surface area (Å²) in [6, 6.07) is 10.2. The minimum atomic E-state index is 0.601. The Labute approximate surface area is 102 Å². The normalized spacial score (nSPS) is 23.2. The predicted molar refractivity (Wildman–Crippen MR) is 70.1 cm³/mol. The standard InChI is InChI=1S/C15H18N2/c1-17-13-5-3-2-4-11(13)15-12(8-9-14(15)17)16-10-6-7-10/h2-5,10,12,16H,6-9H2,1H3. The van der Waals surface area contributed by atoms with E-state index in [4.69, 9.17) is 0 Å². The van der Waals surface area contributed by atoms with Gasteiger partial charge in [-0.2, -0.15) is 0 Å². The van der Waals surface area contributed by atoms with E-state index in [0.717, 1.165) is 6.04 Å². The van der Waals surface area contributed by atoms with Gasteiger partial charge in [0.15, 0.2) is 0 Å². The maximum absolute atomic E-state index is 3.80. The summed E-state index contributed by atoms with van der Waals surface area (Å²) >= 11 is 0. The van der Waals surface area contributed by atoms with Crippen LogP contribution in [0.2, 0.25) is 0 Å². The van der Waals surface area contributed by atoms with Gasteiger partial charge in [-0.25, -0.2) is 0 Å². The van der Waals surface area contributed by atoms with Gasteiger partial charge in [-0.15, -0.1) is 0 Å². The summed E-state index contributed by atoms with van der Waals surface area (Å²) in [5.74, 6) is 0. The minimum absolute atomic E-state index is 0.601. The van der Waals surface area contributed by atoms with Crippen molar-refractivity contribution in [2.24, 2.45) is 7.05 Å². The molecular formula is C15H18N2. The van der Waals surface area contributed by atoms with Crippen molar-refractivity contribution in [1.29, 1.82) is 0 Å². The van der Waals surface area contributed by atoms with Crippen LogP contribution in [-0.4, -0.2) is 10.6 Å². The largest absolute Gasteiger partial charge is 0.347 e. The number of aryl methyl sites for hydroxylation is 1. The molecule has 1 fully saturated rings. The fourth-order valence-corrected chi connectivity index (χ4v) is 3.29. The van der Waals surface area contributed by atoms with Crippen molar-refractivity contribution in [3.8, 4) is 0 Å². The number of hydrogen-bond acceptors (Lipinski definition) is 1.